The number of alkyl carbamates (subject to hydrolysis) is 1. The van der Waals surface area contributed by atoms with Crippen LogP contribution >= 0.6 is 0 Å². The Balaban J connectivity index is 2.72. The lowest BCUT2D eigenvalue weighted by molar-refractivity contribution is -0.152. The van der Waals surface area contributed by atoms with E-state index >= 15 is 0 Å². The minimum absolute atomic E-state index is 0.375. The van der Waals surface area contributed by atoms with Gasteiger partial charge >= 0.3 is 12.1 Å². The molecule has 0 fully saturated rings. The van der Waals surface area contributed by atoms with Crippen molar-refractivity contribution in [2.45, 2.75) is 51.4 Å². The van der Waals surface area contributed by atoms with E-state index in [2.05, 4.69) is 10.1 Å². The number of aliphatic hydroxyl groups excluding tert-OH is 1. The Hall–Kier alpha value is -2.08. The summed E-state index contributed by atoms with van der Waals surface area (Å²) in [5.74, 6) is -0.792. The molecule has 0 saturated heterocycles. The normalized spacial score (nSPS) is 13.8. The van der Waals surface area contributed by atoms with Crippen LogP contribution in [-0.4, -0.2) is 42.0 Å². The lowest BCUT2D eigenvalue weighted by Crippen LogP contribution is -2.49. The van der Waals surface area contributed by atoms with Crippen LogP contribution in [0.3, 0.4) is 0 Å². The molecular formula is C17H25NO5. The van der Waals surface area contributed by atoms with Crippen molar-refractivity contribution in [1.29, 1.82) is 0 Å². The van der Waals surface area contributed by atoms with Crippen LogP contribution < -0.4 is 5.32 Å². The SMILES string of the molecule is COC(=O)[C@@H](O)[C@H](CCc1ccccc1)NC(=O)OC(C)(C)C. The number of hydrogen-bond acceptors (Lipinski definition) is 5. The van der Waals surface area contributed by atoms with Crippen LogP contribution in [-0.2, 0) is 20.7 Å². The average Bonchev–Trinajstić information content (AvgIpc) is 2.49. The topological polar surface area (TPSA) is 84.9 Å². The molecule has 1 aromatic carbocycles. The number of benzene rings is 1. The Morgan fingerprint density at radius 1 is 1.22 bits per heavy atom. The number of carbonyl (C=O) groups is 2. The van der Waals surface area contributed by atoms with E-state index in [-0.39, 0.29) is 0 Å². The van der Waals surface area contributed by atoms with E-state index in [4.69, 9.17) is 4.74 Å². The van der Waals surface area contributed by atoms with Crippen LogP contribution in [0.5, 0.6) is 0 Å². The Labute approximate surface area is 136 Å². The Kier molecular flexibility index (Phi) is 7.03. The highest BCUT2D eigenvalue weighted by Gasteiger charge is 2.29. The van der Waals surface area contributed by atoms with Gasteiger partial charge in [0.2, 0.25) is 0 Å². The van der Waals surface area contributed by atoms with E-state index in [0.29, 0.717) is 12.8 Å². The van der Waals surface area contributed by atoms with Gasteiger partial charge in [-0.05, 0) is 39.2 Å². The average molecular weight is 323 g/mol. The molecule has 6 heteroatoms. The summed E-state index contributed by atoms with van der Waals surface area (Å²) in [6.07, 6.45) is -1.16. The van der Waals surface area contributed by atoms with Crippen molar-refractivity contribution in [2.24, 2.45) is 0 Å². The maximum Gasteiger partial charge on any atom is 0.407 e. The van der Waals surface area contributed by atoms with Crippen LogP contribution in [0.2, 0.25) is 0 Å². The van der Waals surface area contributed by atoms with Gasteiger partial charge in [0.05, 0.1) is 13.2 Å². The van der Waals surface area contributed by atoms with Crippen LogP contribution in [0, 0.1) is 0 Å². The van der Waals surface area contributed by atoms with E-state index in [0.717, 1.165) is 5.56 Å². The predicted molar refractivity (Wildman–Crippen MR) is 85.9 cm³/mol. The van der Waals surface area contributed by atoms with Gasteiger partial charge in [0.1, 0.15) is 5.60 Å². The van der Waals surface area contributed by atoms with E-state index in [1.54, 1.807) is 20.8 Å². The molecule has 1 aromatic rings. The number of aliphatic hydroxyl groups is 1. The minimum atomic E-state index is -1.45. The molecule has 6 nitrogen and oxygen atoms in total. The number of nitrogens with one attached hydrogen (secondary N) is 1. The van der Waals surface area contributed by atoms with Gasteiger partial charge in [-0.25, -0.2) is 9.59 Å². The first-order chi connectivity index (χ1) is 10.7. The predicted octanol–water partition coefficient (Wildman–Crippen LogP) is 2.05. The third kappa shape index (κ3) is 7.15. The number of aryl methyl sites for hydroxylation is 1. The van der Waals surface area contributed by atoms with Gasteiger partial charge in [0, 0.05) is 0 Å². The van der Waals surface area contributed by atoms with Gasteiger partial charge < -0.3 is 19.9 Å². The van der Waals surface area contributed by atoms with Crippen molar-refractivity contribution in [1.82, 2.24) is 5.32 Å². The van der Waals surface area contributed by atoms with Gasteiger partial charge in [-0.1, -0.05) is 30.3 Å². The zero-order chi connectivity index (χ0) is 17.5. The molecule has 0 saturated carbocycles. The van der Waals surface area contributed by atoms with Gasteiger partial charge in [-0.15, -0.1) is 0 Å². The fraction of sp³-hybridized carbons (Fsp3) is 0.529. The summed E-state index contributed by atoms with van der Waals surface area (Å²) in [4.78, 5) is 23.5. The minimum Gasteiger partial charge on any atom is -0.467 e. The van der Waals surface area contributed by atoms with Crippen LogP contribution in [0.4, 0.5) is 4.79 Å². The molecule has 0 radical (unpaired) electrons. The Morgan fingerprint density at radius 3 is 2.35 bits per heavy atom. The molecule has 0 spiro atoms. The Bertz CT molecular complexity index is 509. The van der Waals surface area contributed by atoms with E-state index in [1.165, 1.54) is 7.11 Å². The second-order valence-electron chi connectivity index (χ2n) is 6.24. The molecule has 0 aromatic heterocycles. The quantitative estimate of drug-likeness (QED) is 0.783. The number of carbonyl (C=O) groups excluding carboxylic acids is 2. The molecule has 0 aliphatic heterocycles. The summed E-state index contributed by atoms with van der Waals surface area (Å²) < 4.78 is 9.72. The third-order valence-electron chi connectivity index (χ3n) is 3.11. The fourth-order valence-corrected chi connectivity index (χ4v) is 2.02. The lowest BCUT2D eigenvalue weighted by atomic mass is 10.0. The summed E-state index contributed by atoms with van der Waals surface area (Å²) in [6.45, 7) is 5.22. The first kappa shape index (κ1) is 19.0. The summed E-state index contributed by atoms with van der Waals surface area (Å²) in [7, 11) is 1.19. The first-order valence-corrected chi connectivity index (χ1v) is 7.52. The summed E-state index contributed by atoms with van der Waals surface area (Å²) >= 11 is 0. The van der Waals surface area contributed by atoms with E-state index in [9.17, 15) is 14.7 Å². The van der Waals surface area contributed by atoms with Gasteiger partial charge in [0.25, 0.3) is 0 Å². The molecular weight excluding hydrogens is 298 g/mol. The second-order valence-corrected chi connectivity index (χ2v) is 6.24. The van der Waals surface area contributed by atoms with Gasteiger partial charge in [-0.2, -0.15) is 0 Å². The standard InChI is InChI=1S/C17H25NO5/c1-17(2,3)23-16(21)18-13(14(19)15(20)22-4)11-10-12-8-6-5-7-9-12/h5-9,13-14,19H,10-11H2,1-4H3,(H,18,21)/t13-,14-/m0/s1. The zero-order valence-electron chi connectivity index (χ0n) is 14.0. The number of rotatable bonds is 6. The molecule has 128 valence electrons. The van der Waals surface area contributed by atoms with Crippen molar-refractivity contribution >= 4 is 12.1 Å². The third-order valence-corrected chi connectivity index (χ3v) is 3.11. The first-order valence-electron chi connectivity index (χ1n) is 7.52. The number of ether oxygens (including phenoxy) is 2. The molecule has 1 rings (SSSR count). The summed E-state index contributed by atoms with van der Waals surface area (Å²) in [6, 6.07) is 8.80. The maximum atomic E-state index is 11.9. The molecule has 0 heterocycles. The molecule has 0 aliphatic carbocycles. The van der Waals surface area contributed by atoms with Crippen molar-refractivity contribution in [3.63, 3.8) is 0 Å². The van der Waals surface area contributed by atoms with Crippen molar-refractivity contribution in [3.8, 4) is 0 Å². The number of methoxy groups -OCH3 is 1. The Morgan fingerprint density at radius 2 is 1.83 bits per heavy atom. The van der Waals surface area contributed by atoms with Crippen LogP contribution in [0.25, 0.3) is 0 Å². The summed E-state index contributed by atoms with van der Waals surface area (Å²) in [5, 5.41) is 12.6. The van der Waals surface area contributed by atoms with Gasteiger partial charge in [-0.3, -0.25) is 0 Å². The second kappa shape index (κ2) is 8.53. The van der Waals surface area contributed by atoms with Crippen molar-refractivity contribution in [3.05, 3.63) is 35.9 Å². The van der Waals surface area contributed by atoms with Gasteiger partial charge in [0.15, 0.2) is 6.10 Å². The van der Waals surface area contributed by atoms with E-state index < -0.39 is 29.8 Å². The molecule has 0 aliphatic rings. The highest BCUT2D eigenvalue weighted by atomic mass is 16.6. The molecule has 1 amide bonds. The lowest BCUT2D eigenvalue weighted by Gasteiger charge is -2.25. The molecule has 23 heavy (non-hydrogen) atoms. The molecule has 0 bridgehead atoms. The highest BCUT2D eigenvalue weighted by Crippen LogP contribution is 2.11. The van der Waals surface area contributed by atoms with Crippen LogP contribution in [0.15, 0.2) is 30.3 Å². The fourth-order valence-electron chi connectivity index (χ4n) is 2.02. The van der Waals surface area contributed by atoms with Crippen molar-refractivity contribution < 1.29 is 24.2 Å². The largest absolute Gasteiger partial charge is 0.467 e. The summed E-state index contributed by atoms with van der Waals surface area (Å²) in [5.41, 5.74) is 0.380. The van der Waals surface area contributed by atoms with Crippen molar-refractivity contribution in [2.75, 3.05) is 7.11 Å². The maximum absolute atomic E-state index is 11.9. The monoisotopic (exact) mass is 323 g/mol. The molecule has 2 atom stereocenters. The molecule has 0 unspecified atom stereocenters. The smallest absolute Gasteiger partial charge is 0.407 e. The number of amides is 1. The van der Waals surface area contributed by atoms with E-state index in [1.807, 2.05) is 30.3 Å². The van der Waals surface area contributed by atoms with Crippen LogP contribution in [0.1, 0.15) is 32.8 Å². The highest BCUT2D eigenvalue weighted by molar-refractivity contribution is 5.76. The number of hydrogen-bond donors (Lipinski definition) is 2. The number of esters is 1. The zero-order valence-corrected chi connectivity index (χ0v) is 14.0. The molecule has 2 N–H and O–H groups in total.